The first-order chi connectivity index (χ1) is 13.2. The lowest BCUT2D eigenvalue weighted by Gasteiger charge is -2.42. The summed E-state index contributed by atoms with van der Waals surface area (Å²) in [7, 11) is 1.60. The van der Waals surface area contributed by atoms with Crippen LogP contribution in [0.2, 0.25) is 0 Å². The fourth-order valence-electron chi connectivity index (χ4n) is 4.24. The summed E-state index contributed by atoms with van der Waals surface area (Å²) in [6, 6.07) is 3.72. The Kier molecular flexibility index (Phi) is 5.46. The molecule has 3 rings (SSSR count). The molecule has 7 heteroatoms. The van der Waals surface area contributed by atoms with Crippen LogP contribution in [0.25, 0.3) is 0 Å². The average molecular weight is 390 g/mol. The van der Waals surface area contributed by atoms with Gasteiger partial charge in [0.1, 0.15) is 17.9 Å². The first-order valence-electron chi connectivity index (χ1n) is 9.74. The number of carbonyl (C=O) groups excluding carboxylic acids is 3. The molecule has 0 aliphatic carbocycles. The number of nitrogens with zero attached hydrogens (tertiary/aromatic N) is 2. The van der Waals surface area contributed by atoms with Crippen LogP contribution < -0.4 is 0 Å². The molecule has 1 aromatic carbocycles. The number of hydrogen-bond acceptors (Lipinski definition) is 4. The Labute approximate surface area is 164 Å². The summed E-state index contributed by atoms with van der Waals surface area (Å²) in [6.07, 6.45) is 1.81. The number of carbonyl (C=O) groups is 3. The predicted molar refractivity (Wildman–Crippen MR) is 101 cm³/mol. The molecule has 0 radical (unpaired) electrons. The third kappa shape index (κ3) is 3.16. The SMILES string of the molecule is CCCCOC(=O)[C@@]1(C)C[C@H]2C(=O)N(C)[C@H](C)C(=O)N2[C@H]1c1ccc(F)cc1. The molecule has 0 saturated carbocycles. The highest BCUT2D eigenvalue weighted by atomic mass is 19.1. The highest BCUT2D eigenvalue weighted by Gasteiger charge is 2.61. The summed E-state index contributed by atoms with van der Waals surface area (Å²) in [4.78, 5) is 42.0. The van der Waals surface area contributed by atoms with Crippen molar-refractivity contribution in [3.8, 4) is 0 Å². The van der Waals surface area contributed by atoms with Gasteiger partial charge in [-0.05, 0) is 44.4 Å². The number of amides is 2. The van der Waals surface area contributed by atoms with Crippen LogP contribution in [-0.4, -0.2) is 53.3 Å². The minimum absolute atomic E-state index is 0.182. The second kappa shape index (κ2) is 7.53. The molecule has 2 heterocycles. The highest BCUT2D eigenvalue weighted by Crippen LogP contribution is 2.52. The smallest absolute Gasteiger partial charge is 0.314 e. The molecule has 0 N–H and O–H groups in total. The molecule has 2 fully saturated rings. The van der Waals surface area contributed by atoms with Gasteiger partial charge in [-0.25, -0.2) is 4.39 Å². The maximum absolute atomic E-state index is 13.5. The molecule has 0 unspecified atom stereocenters. The van der Waals surface area contributed by atoms with E-state index in [1.165, 1.54) is 21.9 Å². The number of rotatable bonds is 5. The average Bonchev–Trinajstić information content (AvgIpc) is 3.00. The molecule has 152 valence electrons. The van der Waals surface area contributed by atoms with Crippen LogP contribution >= 0.6 is 0 Å². The molecule has 2 saturated heterocycles. The van der Waals surface area contributed by atoms with E-state index in [1.54, 1.807) is 33.0 Å². The lowest BCUT2D eigenvalue weighted by molar-refractivity contribution is -0.161. The molecule has 4 atom stereocenters. The topological polar surface area (TPSA) is 66.9 Å². The minimum Gasteiger partial charge on any atom is -0.465 e. The summed E-state index contributed by atoms with van der Waals surface area (Å²) in [5, 5.41) is 0. The second-order valence-corrected chi connectivity index (χ2v) is 7.95. The molecule has 1 aromatic rings. The largest absolute Gasteiger partial charge is 0.465 e. The number of benzene rings is 1. The van der Waals surface area contributed by atoms with Gasteiger partial charge in [-0.3, -0.25) is 14.4 Å². The van der Waals surface area contributed by atoms with E-state index in [1.807, 2.05) is 6.92 Å². The zero-order chi connectivity index (χ0) is 20.6. The number of likely N-dealkylation sites (N-methyl/N-ethyl adjacent to an activating group) is 1. The van der Waals surface area contributed by atoms with Crippen LogP contribution in [0.4, 0.5) is 4.39 Å². The van der Waals surface area contributed by atoms with E-state index in [2.05, 4.69) is 0 Å². The standard InChI is InChI=1S/C21H27FN2O4/c1-5-6-11-28-20(27)21(3)12-16-19(26)23(4)13(2)18(25)24(16)17(21)14-7-9-15(22)10-8-14/h7-10,13,16-17H,5-6,11-12H2,1-4H3/t13-,16+,17+,21+/m1/s1. The van der Waals surface area contributed by atoms with Gasteiger partial charge in [0.2, 0.25) is 11.8 Å². The molecule has 0 spiro atoms. The van der Waals surface area contributed by atoms with E-state index in [-0.39, 0.29) is 18.2 Å². The first kappa shape index (κ1) is 20.3. The number of ether oxygens (including phenoxy) is 1. The molecular weight excluding hydrogens is 363 g/mol. The Morgan fingerprint density at radius 2 is 1.89 bits per heavy atom. The van der Waals surface area contributed by atoms with E-state index in [4.69, 9.17) is 4.74 Å². The monoisotopic (exact) mass is 390 g/mol. The molecule has 2 aliphatic heterocycles. The first-order valence-corrected chi connectivity index (χ1v) is 9.74. The summed E-state index contributed by atoms with van der Waals surface area (Å²) in [5.74, 6) is -1.24. The van der Waals surface area contributed by atoms with Crippen molar-refractivity contribution in [1.82, 2.24) is 9.80 Å². The summed E-state index contributed by atoms with van der Waals surface area (Å²) in [6.45, 7) is 5.71. The lowest BCUT2D eigenvalue weighted by Crippen LogP contribution is -2.60. The Balaban J connectivity index is 2.05. The van der Waals surface area contributed by atoms with Crippen molar-refractivity contribution in [3.05, 3.63) is 35.6 Å². The fraction of sp³-hybridized carbons (Fsp3) is 0.571. The van der Waals surface area contributed by atoms with E-state index in [0.29, 0.717) is 12.2 Å². The van der Waals surface area contributed by atoms with Crippen molar-refractivity contribution in [1.29, 1.82) is 0 Å². The van der Waals surface area contributed by atoms with Crippen LogP contribution in [0.5, 0.6) is 0 Å². The van der Waals surface area contributed by atoms with Gasteiger partial charge in [0, 0.05) is 7.05 Å². The Hall–Kier alpha value is -2.44. The van der Waals surface area contributed by atoms with Gasteiger partial charge in [0.25, 0.3) is 0 Å². The predicted octanol–water partition coefficient (Wildman–Crippen LogP) is 2.68. The van der Waals surface area contributed by atoms with Gasteiger partial charge in [0.15, 0.2) is 0 Å². The van der Waals surface area contributed by atoms with Gasteiger partial charge in [0.05, 0.1) is 18.1 Å². The van der Waals surface area contributed by atoms with Crippen LogP contribution in [0, 0.1) is 11.2 Å². The molecular formula is C21H27FN2O4. The van der Waals surface area contributed by atoms with Crippen molar-refractivity contribution in [2.24, 2.45) is 5.41 Å². The van der Waals surface area contributed by atoms with Crippen LogP contribution in [0.3, 0.4) is 0 Å². The third-order valence-electron chi connectivity index (χ3n) is 6.04. The van der Waals surface area contributed by atoms with Gasteiger partial charge >= 0.3 is 5.97 Å². The van der Waals surface area contributed by atoms with E-state index in [0.717, 1.165) is 12.8 Å². The van der Waals surface area contributed by atoms with Crippen LogP contribution in [0.1, 0.15) is 51.6 Å². The zero-order valence-electron chi connectivity index (χ0n) is 16.8. The quantitative estimate of drug-likeness (QED) is 0.573. The van der Waals surface area contributed by atoms with E-state index in [9.17, 15) is 18.8 Å². The van der Waals surface area contributed by atoms with Crippen LogP contribution in [-0.2, 0) is 19.1 Å². The number of halogens is 1. The molecule has 0 bridgehead atoms. The van der Waals surface area contributed by atoms with Gasteiger partial charge in [-0.1, -0.05) is 25.5 Å². The molecule has 2 amide bonds. The Bertz CT molecular complexity index is 781. The number of piperazine rings is 1. The van der Waals surface area contributed by atoms with Crippen molar-refractivity contribution >= 4 is 17.8 Å². The molecule has 2 aliphatic rings. The van der Waals surface area contributed by atoms with E-state index < -0.39 is 35.3 Å². The number of esters is 1. The Morgan fingerprint density at radius 1 is 1.25 bits per heavy atom. The van der Waals surface area contributed by atoms with Crippen molar-refractivity contribution in [2.45, 2.75) is 58.2 Å². The highest BCUT2D eigenvalue weighted by molar-refractivity contribution is 5.99. The number of fused-ring (bicyclic) bond motifs is 1. The van der Waals surface area contributed by atoms with Crippen LogP contribution in [0.15, 0.2) is 24.3 Å². The normalized spacial score (nSPS) is 29.8. The second-order valence-electron chi connectivity index (χ2n) is 7.95. The summed E-state index contributed by atoms with van der Waals surface area (Å²) in [5.41, 5.74) is -0.469. The lowest BCUT2D eigenvalue weighted by atomic mass is 9.78. The van der Waals surface area contributed by atoms with Gasteiger partial charge < -0.3 is 14.5 Å². The molecule has 0 aromatic heterocycles. The Morgan fingerprint density at radius 3 is 2.50 bits per heavy atom. The third-order valence-corrected chi connectivity index (χ3v) is 6.04. The van der Waals surface area contributed by atoms with Crippen molar-refractivity contribution in [3.63, 3.8) is 0 Å². The molecule has 6 nitrogen and oxygen atoms in total. The molecule has 28 heavy (non-hydrogen) atoms. The number of unbranched alkanes of at least 4 members (excludes halogenated alkanes) is 1. The summed E-state index contributed by atoms with van der Waals surface area (Å²) < 4.78 is 19.0. The maximum Gasteiger partial charge on any atom is 0.314 e. The zero-order valence-corrected chi connectivity index (χ0v) is 16.8. The summed E-state index contributed by atoms with van der Waals surface area (Å²) >= 11 is 0. The van der Waals surface area contributed by atoms with Crippen molar-refractivity contribution < 1.29 is 23.5 Å². The van der Waals surface area contributed by atoms with Crippen molar-refractivity contribution in [2.75, 3.05) is 13.7 Å². The van der Waals surface area contributed by atoms with Gasteiger partial charge in [-0.15, -0.1) is 0 Å². The maximum atomic E-state index is 13.5. The number of hydrogen-bond donors (Lipinski definition) is 0. The fourth-order valence-corrected chi connectivity index (χ4v) is 4.24. The van der Waals surface area contributed by atoms with E-state index >= 15 is 0 Å². The van der Waals surface area contributed by atoms with Gasteiger partial charge in [-0.2, -0.15) is 0 Å². The minimum atomic E-state index is -1.09.